The van der Waals surface area contributed by atoms with Crippen molar-refractivity contribution in [2.24, 2.45) is 0 Å². The van der Waals surface area contributed by atoms with Crippen LogP contribution >= 0.6 is 23.2 Å². The fraction of sp³-hybridized carbons (Fsp3) is 0.500. The molecule has 1 atom stereocenters. The van der Waals surface area contributed by atoms with E-state index in [0.717, 1.165) is 11.3 Å². The number of aryl methyl sites for hydroxylation is 1. The predicted octanol–water partition coefficient (Wildman–Crippen LogP) is 4.21. The molecule has 3 nitrogen and oxygen atoms in total. The zero-order chi connectivity index (χ0) is 14.7. The average molecular weight is 319 g/mol. The summed E-state index contributed by atoms with van der Waals surface area (Å²) in [7, 11) is 0. The lowest BCUT2D eigenvalue weighted by Gasteiger charge is -2.17. The zero-order valence-corrected chi connectivity index (χ0v) is 13.0. The molecule has 1 heterocycles. The highest BCUT2D eigenvalue weighted by molar-refractivity contribution is 6.31. The highest BCUT2D eigenvalue weighted by atomic mass is 35.5. The molecule has 0 amide bonds. The van der Waals surface area contributed by atoms with Crippen molar-refractivity contribution in [3.63, 3.8) is 0 Å². The van der Waals surface area contributed by atoms with Gasteiger partial charge in [0.25, 0.3) is 0 Å². The van der Waals surface area contributed by atoms with Crippen LogP contribution in [0.1, 0.15) is 25.7 Å². The quantitative estimate of drug-likeness (QED) is 0.746. The molecular formula is C14H17Cl2FN2O. The number of alkyl halides is 1. The van der Waals surface area contributed by atoms with Crippen LogP contribution in [-0.2, 0) is 11.2 Å². The first-order chi connectivity index (χ1) is 9.58. The molecule has 0 fully saturated rings. The smallest absolute Gasteiger partial charge is 0.144 e. The number of ether oxygens (including phenoxy) is 1. The van der Waals surface area contributed by atoms with Gasteiger partial charge in [0.15, 0.2) is 0 Å². The summed E-state index contributed by atoms with van der Waals surface area (Å²) >= 11 is 11.7. The highest BCUT2D eigenvalue weighted by Gasteiger charge is 2.17. The molecule has 110 valence electrons. The Morgan fingerprint density at radius 2 is 2.20 bits per heavy atom. The number of fused-ring (bicyclic) bond motifs is 1. The number of benzene rings is 1. The number of nitrogens with zero attached hydrogens (tertiary/aromatic N) is 2. The third kappa shape index (κ3) is 3.08. The number of aromatic nitrogens is 2. The van der Waals surface area contributed by atoms with Crippen LogP contribution in [0, 0.1) is 5.82 Å². The van der Waals surface area contributed by atoms with Crippen LogP contribution in [0.5, 0.6) is 0 Å². The van der Waals surface area contributed by atoms with Gasteiger partial charge in [-0.25, -0.2) is 9.37 Å². The summed E-state index contributed by atoms with van der Waals surface area (Å²) < 4.78 is 21.0. The standard InChI is InChI=1S/C14H17Cl2FN2O/c1-3-20-8-9(2)19-13-6-10(16)11(17)7-12(13)18-14(19)4-5-15/h6-7,9H,3-5,8H2,1-2H3. The first-order valence-corrected chi connectivity index (χ1v) is 7.49. The van der Waals surface area contributed by atoms with Gasteiger partial charge in [-0.05, 0) is 19.9 Å². The molecule has 0 aliphatic rings. The summed E-state index contributed by atoms with van der Waals surface area (Å²) in [6.07, 6.45) is 0.617. The van der Waals surface area contributed by atoms with Crippen LogP contribution < -0.4 is 0 Å². The molecule has 0 bridgehead atoms. The highest BCUT2D eigenvalue weighted by Crippen LogP contribution is 2.27. The zero-order valence-electron chi connectivity index (χ0n) is 11.5. The Morgan fingerprint density at radius 1 is 1.45 bits per heavy atom. The fourth-order valence-corrected chi connectivity index (χ4v) is 2.58. The Kier molecular flexibility index (Phi) is 5.24. The van der Waals surface area contributed by atoms with E-state index in [-0.39, 0.29) is 11.1 Å². The largest absolute Gasteiger partial charge is 0.380 e. The molecule has 2 rings (SSSR count). The molecule has 0 spiro atoms. The first-order valence-electron chi connectivity index (χ1n) is 6.58. The minimum Gasteiger partial charge on any atom is -0.380 e. The number of halogens is 3. The summed E-state index contributed by atoms with van der Waals surface area (Å²) in [5, 5.41) is 0.0969. The topological polar surface area (TPSA) is 27.1 Å². The fourth-order valence-electron chi connectivity index (χ4n) is 2.26. The van der Waals surface area contributed by atoms with Crippen molar-refractivity contribution in [1.82, 2.24) is 9.55 Å². The van der Waals surface area contributed by atoms with Gasteiger partial charge in [-0.3, -0.25) is 0 Å². The Balaban J connectivity index is 2.52. The number of hydrogen-bond donors (Lipinski definition) is 0. The summed E-state index contributed by atoms with van der Waals surface area (Å²) in [6.45, 7) is 5.19. The molecule has 1 aromatic carbocycles. The maximum absolute atomic E-state index is 13.5. The van der Waals surface area contributed by atoms with Gasteiger partial charge >= 0.3 is 0 Å². The minimum atomic E-state index is -0.460. The van der Waals surface area contributed by atoms with Crippen LogP contribution in [0.4, 0.5) is 4.39 Å². The second-order valence-electron chi connectivity index (χ2n) is 4.60. The lowest BCUT2D eigenvalue weighted by atomic mass is 10.2. The van der Waals surface area contributed by atoms with E-state index in [2.05, 4.69) is 4.98 Å². The molecule has 2 aromatic rings. The molecule has 0 radical (unpaired) electrons. The van der Waals surface area contributed by atoms with Crippen LogP contribution in [0.2, 0.25) is 5.02 Å². The van der Waals surface area contributed by atoms with Crippen molar-refractivity contribution >= 4 is 34.2 Å². The van der Waals surface area contributed by atoms with E-state index < -0.39 is 5.82 Å². The average Bonchev–Trinajstić information content (AvgIpc) is 2.74. The van der Waals surface area contributed by atoms with Crippen molar-refractivity contribution in [3.8, 4) is 0 Å². The second kappa shape index (κ2) is 6.74. The summed E-state index contributed by atoms with van der Waals surface area (Å²) in [5.41, 5.74) is 1.40. The lowest BCUT2D eigenvalue weighted by molar-refractivity contribution is 0.119. The van der Waals surface area contributed by atoms with Gasteiger partial charge in [0.2, 0.25) is 0 Å². The second-order valence-corrected chi connectivity index (χ2v) is 5.39. The van der Waals surface area contributed by atoms with Gasteiger partial charge in [-0.2, -0.15) is 0 Å². The third-order valence-corrected chi connectivity index (χ3v) is 3.61. The molecule has 20 heavy (non-hydrogen) atoms. The van der Waals surface area contributed by atoms with Crippen LogP contribution in [0.3, 0.4) is 0 Å². The van der Waals surface area contributed by atoms with E-state index in [1.807, 2.05) is 18.4 Å². The molecule has 0 N–H and O–H groups in total. The number of hydrogen-bond acceptors (Lipinski definition) is 2. The molecule has 0 aliphatic heterocycles. The normalized spacial score (nSPS) is 13.1. The van der Waals surface area contributed by atoms with Gasteiger partial charge in [0.05, 0.1) is 28.7 Å². The van der Waals surface area contributed by atoms with Crippen molar-refractivity contribution in [3.05, 3.63) is 28.8 Å². The van der Waals surface area contributed by atoms with Gasteiger partial charge in [0.1, 0.15) is 11.6 Å². The van der Waals surface area contributed by atoms with Gasteiger partial charge in [-0.15, -0.1) is 11.6 Å². The Bertz CT molecular complexity index is 600. The van der Waals surface area contributed by atoms with Gasteiger partial charge < -0.3 is 9.30 Å². The van der Waals surface area contributed by atoms with Gasteiger partial charge in [0, 0.05) is 25.0 Å². The summed E-state index contributed by atoms with van der Waals surface area (Å²) in [4.78, 5) is 4.46. The lowest BCUT2D eigenvalue weighted by Crippen LogP contribution is -2.15. The maximum Gasteiger partial charge on any atom is 0.144 e. The Morgan fingerprint density at radius 3 is 2.85 bits per heavy atom. The van der Waals surface area contributed by atoms with E-state index >= 15 is 0 Å². The van der Waals surface area contributed by atoms with Crippen molar-refractivity contribution in [2.45, 2.75) is 26.3 Å². The number of rotatable bonds is 6. The number of imidazole rings is 1. The Hall–Kier alpha value is -0.840. The molecule has 0 saturated heterocycles. The van der Waals surface area contributed by atoms with Crippen LogP contribution in [0.25, 0.3) is 11.0 Å². The first kappa shape index (κ1) is 15.5. The van der Waals surface area contributed by atoms with Crippen molar-refractivity contribution in [1.29, 1.82) is 0 Å². The maximum atomic E-state index is 13.5. The SMILES string of the molecule is CCOCC(C)n1c(CCCl)nc2cc(F)c(Cl)cc21. The molecule has 0 saturated carbocycles. The van der Waals surface area contributed by atoms with E-state index in [0.29, 0.717) is 31.0 Å². The molecule has 0 aliphatic carbocycles. The van der Waals surface area contributed by atoms with E-state index in [9.17, 15) is 4.39 Å². The van der Waals surface area contributed by atoms with Gasteiger partial charge in [-0.1, -0.05) is 11.6 Å². The molecule has 6 heteroatoms. The van der Waals surface area contributed by atoms with Crippen molar-refractivity contribution in [2.75, 3.05) is 19.1 Å². The Labute approximate surface area is 127 Å². The molecule has 1 unspecified atom stereocenters. The summed E-state index contributed by atoms with van der Waals surface area (Å²) in [6, 6.07) is 3.05. The summed E-state index contributed by atoms with van der Waals surface area (Å²) in [5.74, 6) is 0.823. The van der Waals surface area contributed by atoms with E-state index in [1.165, 1.54) is 6.07 Å². The molecule has 1 aromatic heterocycles. The third-order valence-electron chi connectivity index (χ3n) is 3.13. The van der Waals surface area contributed by atoms with E-state index in [4.69, 9.17) is 27.9 Å². The minimum absolute atomic E-state index is 0.0831. The van der Waals surface area contributed by atoms with Crippen LogP contribution in [0.15, 0.2) is 12.1 Å². The molecular weight excluding hydrogens is 302 g/mol. The predicted molar refractivity (Wildman–Crippen MR) is 80.3 cm³/mol. The van der Waals surface area contributed by atoms with Crippen molar-refractivity contribution < 1.29 is 9.13 Å². The van der Waals surface area contributed by atoms with Crippen LogP contribution in [-0.4, -0.2) is 28.6 Å². The monoisotopic (exact) mass is 318 g/mol. The van der Waals surface area contributed by atoms with E-state index in [1.54, 1.807) is 6.07 Å².